The Morgan fingerprint density at radius 1 is 1.38 bits per heavy atom. The standard InChI is InChI=1S/C16H21N3O2/c1-10-3-2-4-12(17)15(10)16(21)19-8-7-13-11(9-19)5-6-14(20)18-13/h2-4,11,13H,5-9,17H2,1H3,(H,18,20). The molecule has 1 aromatic carbocycles. The van der Waals surface area contributed by atoms with Gasteiger partial charge in [0.25, 0.3) is 5.91 Å². The van der Waals surface area contributed by atoms with E-state index in [4.69, 9.17) is 5.73 Å². The Balaban J connectivity index is 1.76. The smallest absolute Gasteiger partial charge is 0.256 e. The Kier molecular flexibility index (Phi) is 3.57. The normalized spacial score (nSPS) is 25.2. The van der Waals surface area contributed by atoms with Crippen molar-refractivity contribution in [2.45, 2.75) is 32.2 Å². The maximum Gasteiger partial charge on any atom is 0.256 e. The first-order chi connectivity index (χ1) is 10.1. The third-order valence-electron chi connectivity index (χ3n) is 4.63. The van der Waals surface area contributed by atoms with Crippen molar-refractivity contribution in [3.8, 4) is 0 Å². The number of nitrogens with zero attached hydrogens (tertiary/aromatic N) is 1. The van der Waals surface area contributed by atoms with Gasteiger partial charge in [-0.15, -0.1) is 0 Å². The van der Waals surface area contributed by atoms with Gasteiger partial charge >= 0.3 is 0 Å². The second-order valence-electron chi connectivity index (χ2n) is 6.05. The number of aryl methyl sites for hydroxylation is 1. The molecule has 5 nitrogen and oxygen atoms in total. The Labute approximate surface area is 124 Å². The van der Waals surface area contributed by atoms with Crippen LogP contribution in [0.3, 0.4) is 0 Å². The lowest BCUT2D eigenvalue weighted by Gasteiger charge is -2.41. The summed E-state index contributed by atoms with van der Waals surface area (Å²) < 4.78 is 0. The minimum absolute atomic E-state index is 0.0148. The fourth-order valence-corrected chi connectivity index (χ4v) is 3.44. The van der Waals surface area contributed by atoms with Crippen LogP contribution in [0, 0.1) is 12.8 Å². The first-order valence-corrected chi connectivity index (χ1v) is 7.50. The molecular weight excluding hydrogens is 266 g/mol. The fourth-order valence-electron chi connectivity index (χ4n) is 3.44. The van der Waals surface area contributed by atoms with Crippen molar-refractivity contribution in [2.75, 3.05) is 18.8 Å². The van der Waals surface area contributed by atoms with Crippen LogP contribution in [0.2, 0.25) is 0 Å². The molecule has 0 aromatic heterocycles. The predicted octanol–water partition coefficient (Wildman–Crippen LogP) is 1.32. The molecular formula is C16H21N3O2. The monoisotopic (exact) mass is 287 g/mol. The number of amides is 2. The van der Waals surface area contributed by atoms with E-state index in [-0.39, 0.29) is 17.9 Å². The molecule has 0 spiro atoms. The first kappa shape index (κ1) is 13.9. The summed E-state index contributed by atoms with van der Waals surface area (Å²) in [5.74, 6) is 0.519. The molecule has 3 rings (SSSR count). The number of hydrogen-bond acceptors (Lipinski definition) is 3. The molecule has 2 fully saturated rings. The van der Waals surface area contributed by atoms with Gasteiger partial charge in [-0.05, 0) is 37.3 Å². The Morgan fingerprint density at radius 2 is 2.19 bits per heavy atom. The van der Waals surface area contributed by atoms with Crippen LogP contribution in [-0.2, 0) is 4.79 Å². The van der Waals surface area contributed by atoms with Gasteiger partial charge in [-0.2, -0.15) is 0 Å². The van der Waals surface area contributed by atoms with Crippen LogP contribution in [0.15, 0.2) is 18.2 Å². The van der Waals surface area contributed by atoms with Crippen molar-refractivity contribution in [3.63, 3.8) is 0 Å². The summed E-state index contributed by atoms with van der Waals surface area (Å²) in [6, 6.07) is 5.78. The summed E-state index contributed by atoms with van der Waals surface area (Å²) in [7, 11) is 0. The van der Waals surface area contributed by atoms with E-state index in [9.17, 15) is 9.59 Å². The second-order valence-corrected chi connectivity index (χ2v) is 6.05. The van der Waals surface area contributed by atoms with Crippen LogP contribution in [0.25, 0.3) is 0 Å². The van der Waals surface area contributed by atoms with Crippen LogP contribution in [-0.4, -0.2) is 35.8 Å². The number of benzene rings is 1. The van der Waals surface area contributed by atoms with Gasteiger partial charge in [0, 0.05) is 31.2 Å². The number of fused-ring (bicyclic) bond motifs is 1. The molecule has 2 unspecified atom stereocenters. The van der Waals surface area contributed by atoms with Crippen LogP contribution in [0.5, 0.6) is 0 Å². The van der Waals surface area contributed by atoms with Crippen molar-refractivity contribution in [1.82, 2.24) is 10.2 Å². The van der Waals surface area contributed by atoms with Gasteiger partial charge in [-0.1, -0.05) is 12.1 Å². The van der Waals surface area contributed by atoms with Gasteiger partial charge in [0.2, 0.25) is 5.91 Å². The number of piperidine rings is 2. The van der Waals surface area contributed by atoms with Crippen molar-refractivity contribution in [3.05, 3.63) is 29.3 Å². The number of likely N-dealkylation sites (tertiary alicyclic amines) is 1. The van der Waals surface area contributed by atoms with E-state index in [2.05, 4.69) is 5.32 Å². The molecule has 2 aliphatic rings. The minimum Gasteiger partial charge on any atom is -0.398 e. The number of carbonyl (C=O) groups is 2. The van der Waals surface area contributed by atoms with Crippen LogP contribution < -0.4 is 11.1 Å². The molecule has 0 aliphatic carbocycles. The maximum absolute atomic E-state index is 12.7. The molecule has 0 bridgehead atoms. The zero-order valence-electron chi connectivity index (χ0n) is 12.3. The van der Waals surface area contributed by atoms with E-state index in [0.717, 1.165) is 18.4 Å². The van der Waals surface area contributed by atoms with E-state index in [1.54, 1.807) is 6.07 Å². The van der Waals surface area contributed by atoms with Crippen LogP contribution in [0.4, 0.5) is 5.69 Å². The highest BCUT2D eigenvalue weighted by Gasteiger charge is 2.36. The lowest BCUT2D eigenvalue weighted by Crippen LogP contribution is -2.55. The molecule has 5 heteroatoms. The third-order valence-corrected chi connectivity index (χ3v) is 4.63. The van der Waals surface area contributed by atoms with E-state index < -0.39 is 0 Å². The highest BCUT2D eigenvalue weighted by Crippen LogP contribution is 2.27. The Morgan fingerprint density at radius 3 is 2.95 bits per heavy atom. The Hall–Kier alpha value is -2.04. The van der Waals surface area contributed by atoms with Gasteiger partial charge in [0.05, 0.1) is 5.56 Å². The van der Waals surface area contributed by atoms with Crippen molar-refractivity contribution in [2.24, 2.45) is 5.92 Å². The number of carbonyl (C=O) groups excluding carboxylic acids is 2. The van der Waals surface area contributed by atoms with Crippen molar-refractivity contribution in [1.29, 1.82) is 0 Å². The SMILES string of the molecule is Cc1cccc(N)c1C(=O)N1CCC2NC(=O)CCC2C1. The van der Waals surface area contributed by atoms with Crippen molar-refractivity contribution < 1.29 is 9.59 Å². The summed E-state index contributed by atoms with van der Waals surface area (Å²) >= 11 is 0. The summed E-state index contributed by atoms with van der Waals surface area (Å²) in [4.78, 5) is 26.1. The summed E-state index contributed by atoms with van der Waals surface area (Å²) in [5.41, 5.74) is 8.05. The molecule has 0 radical (unpaired) electrons. The van der Waals surface area contributed by atoms with Gasteiger partial charge in [0.15, 0.2) is 0 Å². The summed E-state index contributed by atoms with van der Waals surface area (Å²) in [5, 5.41) is 3.04. The highest BCUT2D eigenvalue weighted by atomic mass is 16.2. The van der Waals surface area contributed by atoms with E-state index in [0.29, 0.717) is 36.7 Å². The molecule has 2 amide bonds. The largest absolute Gasteiger partial charge is 0.398 e. The van der Waals surface area contributed by atoms with Gasteiger partial charge < -0.3 is 16.0 Å². The molecule has 112 valence electrons. The van der Waals surface area contributed by atoms with E-state index >= 15 is 0 Å². The summed E-state index contributed by atoms with van der Waals surface area (Å²) in [6.07, 6.45) is 2.26. The second kappa shape index (κ2) is 5.39. The maximum atomic E-state index is 12.7. The van der Waals surface area contributed by atoms with Crippen molar-refractivity contribution >= 4 is 17.5 Å². The number of nitrogens with one attached hydrogen (secondary N) is 1. The first-order valence-electron chi connectivity index (χ1n) is 7.50. The molecule has 21 heavy (non-hydrogen) atoms. The quantitative estimate of drug-likeness (QED) is 0.765. The lowest BCUT2D eigenvalue weighted by molar-refractivity contribution is -0.125. The Bertz CT molecular complexity index is 565. The molecule has 2 atom stereocenters. The van der Waals surface area contributed by atoms with Gasteiger partial charge in [-0.25, -0.2) is 0 Å². The lowest BCUT2D eigenvalue weighted by atomic mass is 9.85. The summed E-state index contributed by atoms with van der Waals surface area (Å²) in [6.45, 7) is 3.29. The average Bonchev–Trinajstić information content (AvgIpc) is 2.46. The zero-order valence-corrected chi connectivity index (χ0v) is 12.3. The molecule has 2 heterocycles. The van der Waals surface area contributed by atoms with Crippen LogP contribution >= 0.6 is 0 Å². The molecule has 0 saturated carbocycles. The van der Waals surface area contributed by atoms with Gasteiger partial charge in [0.1, 0.15) is 0 Å². The fraction of sp³-hybridized carbons (Fsp3) is 0.500. The third kappa shape index (κ3) is 2.60. The zero-order chi connectivity index (χ0) is 15.0. The van der Waals surface area contributed by atoms with E-state index in [1.165, 1.54) is 0 Å². The van der Waals surface area contributed by atoms with Gasteiger partial charge in [-0.3, -0.25) is 9.59 Å². The van der Waals surface area contributed by atoms with E-state index in [1.807, 2.05) is 24.0 Å². The molecule has 3 N–H and O–H groups in total. The number of nitrogens with two attached hydrogens (primary N) is 1. The number of anilines is 1. The van der Waals surface area contributed by atoms with Crippen LogP contribution in [0.1, 0.15) is 35.2 Å². The highest BCUT2D eigenvalue weighted by molar-refractivity contribution is 6.00. The molecule has 1 aromatic rings. The number of nitrogen functional groups attached to an aromatic ring is 1. The predicted molar refractivity (Wildman–Crippen MR) is 80.8 cm³/mol. The molecule has 2 saturated heterocycles. The average molecular weight is 287 g/mol. The minimum atomic E-state index is 0.0148. The topological polar surface area (TPSA) is 75.4 Å². The molecule has 2 aliphatic heterocycles. The number of rotatable bonds is 1. The number of hydrogen-bond donors (Lipinski definition) is 2.